The van der Waals surface area contributed by atoms with Crippen molar-refractivity contribution in [2.45, 2.75) is 39.3 Å². The fourth-order valence-corrected chi connectivity index (χ4v) is 4.26. The molecule has 3 aromatic carbocycles. The van der Waals surface area contributed by atoms with Crippen LogP contribution >= 0.6 is 0 Å². The maximum atomic E-state index is 13.5. The number of hydrogen-bond acceptors (Lipinski definition) is 5. The number of aliphatic hydroxyl groups excluding tert-OH is 1. The largest absolute Gasteiger partial charge is 0.507 e. The second kappa shape index (κ2) is 10.2. The first-order chi connectivity index (χ1) is 17.2. The van der Waals surface area contributed by atoms with Gasteiger partial charge in [-0.05, 0) is 68.3 Å². The van der Waals surface area contributed by atoms with Crippen molar-refractivity contribution in [1.29, 1.82) is 0 Å². The molecule has 0 radical (unpaired) electrons. The van der Waals surface area contributed by atoms with Gasteiger partial charge in [0.25, 0.3) is 11.7 Å². The van der Waals surface area contributed by atoms with E-state index in [1.165, 1.54) is 29.2 Å². The summed E-state index contributed by atoms with van der Waals surface area (Å²) in [7, 11) is 0. The quantitative estimate of drug-likeness (QED) is 0.222. The molecule has 184 valence electrons. The zero-order valence-electron chi connectivity index (χ0n) is 20.2. The molecule has 1 unspecified atom stereocenters. The topological polar surface area (TPSA) is 83.9 Å². The third-order valence-corrected chi connectivity index (χ3v) is 5.85. The number of anilines is 1. The molecule has 0 saturated carbocycles. The normalized spacial score (nSPS) is 17.0. The minimum Gasteiger partial charge on any atom is -0.507 e. The van der Waals surface area contributed by atoms with Crippen LogP contribution in [0.15, 0.2) is 78.4 Å². The highest BCUT2D eigenvalue weighted by Crippen LogP contribution is 2.42. The molecule has 1 aliphatic heterocycles. The standard InChI is InChI=1S/C29H26FNO5/c1-17(2)36-24(32)16-19-7-13-23(14-8-19)31-26(21-6-4-5-18(3)15-21)25(28(34)29(31)35)27(33)20-9-11-22(30)12-10-20/h4-15,17,26,33H,16H2,1-3H3/b27-25-. The molecule has 1 saturated heterocycles. The Balaban J connectivity index is 1.78. The van der Waals surface area contributed by atoms with Crippen LogP contribution in [0.3, 0.4) is 0 Å². The molecule has 0 spiro atoms. The van der Waals surface area contributed by atoms with Gasteiger partial charge in [0.1, 0.15) is 11.6 Å². The van der Waals surface area contributed by atoms with Crippen molar-refractivity contribution in [3.63, 3.8) is 0 Å². The fraction of sp³-hybridized carbons (Fsp3) is 0.207. The van der Waals surface area contributed by atoms with E-state index < -0.39 is 23.5 Å². The lowest BCUT2D eigenvalue weighted by molar-refractivity contribution is -0.146. The lowest BCUT2D eigenvalue weighted by atomic mass is 9.94. The number of rotatable bonds is 6. The van der Waals surface area contributed by atoms with E-state index in [1.807, 2.05) is 25.1 Å². The first-order valence-electron chi connectivity index (χ1n) is 11.6. The first kappa shape index (κ1) is 24.9. The van der Waals surface area contributed by atoms with E-state index in [1.54, 1.807) is 44.2 Å². The van der Waals surface area contributed by atoms with Crippen LogP contribution in [0.25, 0.3) is 5.76 Å². The number of ether oxygens (including phenoxy) is 1. The summed E-state index contributed by atoms with van der Waals surface area (Å²) in [6.07, 6.45) is -0.150. The van der Waals surface area contributed by atoms with Gasteiger partial charge in [-0.25, -0.2) is 4.39 Å². The molecule has 6 nitrogen and oxygen atoms in total. The zero-order chi connectivity index (χ0) is 26.0. The highest BCUT2D eigenvalue weighted by Gasteiger charge is 2.47. The summed E-state index contributed by atoms with van der Waals surface area (Å²) in [5.41, 5.74) is 2.83. The molecule has 1 atom stereocenters. The van der Waals surface area contributed by atoms with Crippen molar-refractivity contribution in [3.05, 3.63) is 106 Å². The van der Waals surface area contributed by atoms with Gasteiger partial charge >= 0.3 is 5.97 Å². The molecule has 1 N–H and O–H groups in total. The number of nitrogens with zero attached hydrogens (tertiary/aromatic N) is 1. The van der Waals surface area contributed by atoms with Crippen LogP contribution in [0.4, 0.5) is 10.1 Å². The first-order valence-corrected chi connectivity index (χ1v) is 11.6. The van der Waals surface area contributed by atoms with Crippen LogP contribution in [0.2, 0.25) is 0 Å². The maximum absolute atomic E-state index is 13.5. The summed E-state index contributed by atoms with van der Waals surface area (Å²) in [6.45, 7) is 5.43. The molecule has 0 aliphatic carbocycles. The van der Waals surface area contributed by atoms with E-state index in [2.05, 4.69) is 0 Å². The van der Waals surface area contributed by atoms with E-state index in [0.29, 0.717) is 16.8 Å². The predicted octanol–water partition coefficient (Wildman–Crippen LogP) is 5.25. The fourth-order valence-electron chi connectivity index (χ4n) is 4.26. The number of ketones is 1. The van der Waals surface area contributed by atoms with E-state index in [9.17, 15) is 23.9 Å². The molecule has 4 rings (SSSR count). The monoisotopic (exact) mass is 487 g/mol. The molecule has 0 aromatic heterocycles. The number of aryl methyl sites for hydroxylation is 1. The highest BCUT2D eigenvalue weighted by atomic mass is 19.1. The van der Waals surface area contributed by atoms with E-state index in [0.717, 1.165) is 5.56 Å². The molecule has 1 aliphatic rings. The van der Waals surface area contributed by atoms with E-state index in [4.69, 9.17) is 4.74 Å². The smallest absolute Gasteiger partial charge is 0.310 e. The van der Waals surface area contributed by atoms with Crippen molar-refractivity contribution in [3.8, 4) is 0 Å². The number of amides is 1. The number of carbonyl (C=O) groups is 3. The summed E-state index contributed by atoms with van der Waals surface area (Å²) >= 11 is 0. The Hall–Kier alpha value is -4.26. The Kier molecular flexibility index (Phi) is 7.01. The van der Waals surface area contributed by atoms with Crippen LogP contribution in [0, 0.1) is 12.7 Å². The van der Waals surface area contributed by atoms with Crippen LogP contribution in [-0.4, -0.2) is 28.9 Å². The summed E-state index contributed by atoms with van der Waals surface area (Å²) in [5.74, 6) is -2.86. The summed E-state index contributed by atoms with van der Waals surface area (Å²) < 4.78 is 18.6. The average Bonchev–Trinajstić information content (AvgIpc) is 3.09. The lowest BCUT2D eigenvalue weighted by Crippen LogP contribution is -2.29. The van der Waals surface area contributed by atoms with Crippen molar-refractivity contribution < 1.29 is 28.6 Å². The minimum atomic E-state index is -0.897. The number of benzene rings is 3. The Morgan fingerprint density at radius 3 is 2.31 bits per heavy atom. The second-order valence-corrected chi connectivity index (χ2v) is 8.97. The van der Waals surface area contributed by atoms with Gasteiger partial charge in [0.15, 0.2) is 0 Å². The summed E-state index contributed by atoms with van der Waals surface area (Å²) in [5, 5.41) is 11.1. The van der Waals surface area contributed by atoms with Crippen molar-refractivity contribution in [2.75, 3.05) is 4.90 Å². The second-order valence-electron chi connectivity index (χ2n) is 8.97. The van der Waals surface area contributed by atoms with Gasteiger partial charge in [-0.15, -0.1) is 0 Å². The van der Waals surface area contributed by atoms with Gasteiger partial charge in [0, 0.05) is 11.3 Å². The molecule has 1 fully saturated rings. The molecular formula is C29H26FNO5. The lowest BCUT2D eigenvalue weighted by Gasteiger charge is -2.26. The molecular weight excluding hydrogens is 461 g/mol. The summed E-state index contributed by atoms with van der Waals surface area (Å²) in [4.78, 5) is 39.8. The van der Waals surface area contributed by atoms with Crippen molar-refractivity contribution in [2.24, 2.45) is 0 Å². The van der Waals surface area contributed by atoms with Gasteiger partial charge < -0.3 is 9.84 Å². The number of halogens is 1. The molecule has 36 heavy (non-hydrogen) atoms. The molecule has 1 amide bonds. The molecule has 1 heterocycles. The van der Waals surface area contributed by atoms with Crippen LogP contribution in [0.5, 0.6) is 0 Å². The van der Waals surface area contributed by atoms with Gasteiger partial charge in [-0.3, -0.25) is 19.3 Å². The maximum Gasteiger partial charge on any atom is 0.310 e. The van der Waals surface area contributed by atoms with Crippen LogP contribution in [0.1, 0.15) is 42.1 Å². The van der Waals surface area contributed by atoms with Crippen molar-refractivity contribution in [1.82, 2.24) is 0 Å². The molecule has 7 heteroatoms. The van der Waals surface area contributed by atoms with Gasteiger partial charge in [0.05, 0.1) is 24.1 Å². The van der Waals surface area contributed by atoms with Crippen LogP contribution < -0.4 is 4.90 Å². The third-order valence-electron chi connectivity index (χ3n) is 5.85. The van der Waals surface area contributed by atoms with Gasteiger partial charge in [-0.1, -0.05) is 42.0 Å². The van der Waals surface area contributed by atoms with Gasteiger partial charge in [-0.2, -0.15) is 0 Å². The Bertz CT molecular complexity index is 1340. The number of esters is 1. The minimum absolute atomic E-state index is 0.0726. The predicted molar refractivity (Wildman–Crippen MR) is 134 cm³/mol. The highest BCUT2D eigenvalue weighted by molar-refractivity contribution is 6.51. The van der Waals surface area contributed by atoms with Crippen molar-refractivity contribution >= 4 is 29.1 Å². The SMILES string of the molecule is Cc1cccc(C2/C(=C(/O)c3ccc(F)cc3)C(=O)C(=O)N2c2ccc(CC(=O)OC(C)C)cc2)c1. The number of Topliss-reactive ketones (excluding diaryl/α,β-unsaturated/α-hetero) is 1. The average molecular weight is 488 g/mol. The Morgan fingerprint density at radius 2 is 1.69 bits per heavy atom. The van der Waals surface area contributed by atoms with Crippen LogP contribution in [-0.2, 0) is 25.5 Å². The van der Waals surface area contributed by atoms with Gasteiger partial charge in [0.2, 0.25) is 0 Å². The summed E-state index contributed by atoms with van der Waals surface area (Å²) in [6, 6.07) is 18.2. The Labute approximate surface area is 208 Å². The number of carbonyl (C=O) groups excluding carboxylic acids is 3. The molecule has 0 bridgehead atoms. The Morgan fingerprint density at radius 1 is 1.03 bits per heavy atom. The zero-order valence-corrected chi connectivity index (χ0v) is 20.2. The third kappa shape index (κ3) is 5.05. The molecule has 3 aromatic rings. The van der Waals surface area contributed by atoms with E-state index in [-0.39, 0.29) is 35.4 Å². The number of hydrogen-bond donors (Lipinski definition) is 1. The number of aliphatic hydroxyl groups is 1. The van der Waals surface area contributed by atoms with E-state index >= 15 is 0 Å².